The molecule has 0 bridgehead atoms. The van der Waals surface area contributed by atoms with Crippen LogP contribution in [0.3, 0.4) is 0 Å². The number of carbonyl (C=O) groups excluding carboxylic acids is 2. The van der Waals surface area contributed by atoms with Gasteiger partial charge in [-0.2, -0.15) is 0 Å². The Morgan fingerprint density at radius 2 is 1.33 bits per heavy atom. The van der Waals surface area contributed by atoms with Crippen LogP contribution >= 0.6 is 0 Å². The number of piperazine rings is 1. The summed E-state index contributed by atoms with van der Waals surface area (Å²) in [4.78, 5) is 41.1. The maximum absolute atomic E-state index is 13.1. The summed E-state index contributed by atoms with van der Waals surface area (Å²) in [6.45, 7) is 6.56. The average Bonchev–Trinajstić information content (AvgIpc) is 3.44. The second kappa shape index (κ2) is 14.8. The molecule has 0 aliphatic carbocycles. The van der Waals surface area contributed by atoms with Gasteiger partial charge in [-0.1, -0.05) is 91.9 Å². The quantitative estimate of drug-likeness (QED) is 0.185. The first-order valence-electron chi connectivity index (χ1n) is 17.8. The lowest BCUT2D eigenvalue weighted by molar-refractivity contribution is -0.276. The molecule has 4 heterocycles. The molecule has 8 rings (SSSR count). The van der Waals surface area contributed by atoms with Gasteiger partial charge >= 0.3 is 0 Å². The van der Waals surface area contributed by atoms with Gasteiger partial charge in [-0.05, 0) is 46.0 Å². The second-order valence-corrected chi connectivity index (χ2v) is 13.7. The van der Waals surface area contributed by atoms with E-state index in [1.54, 1.807) is 36.7 Å². The number of fused-ring (bicyclic) bond motifs is 1. The van der Waals surface area contributed by atoms with Gasteiger partial charge in [0, 0.05) is 56.6 Å². The van der Waals surface area contributed by atoms with E-state index in [9.17, 15) is 14.7 Å². The van der Waals surface area contributed by atoms with Crippen molar-refractivity contribution in [1.29, 1.82) is 0 Å². The molecule has 2 amide bonds. The molecule has 2 fully saturated rings. The molecule has 0 radical (unpaired) electrons. The molecule has 2 saturated heterocycles. The summed E-state index contributed by atoms with van der Waals surface area (Å²) < 4.78 is 13.5. The molecule has 0 saturated carbocycles. The number of nitrogens with zero attached hydrogens (tertiary/aromatic N) is 5. The number of aliphatic hydroxyl groups is 1. The lowest BCUT2D eigenvalue weighted by Crippen LogP contribution is -2.51. The zero-order valence-corrected chi connectivity index (χ0v) is 29.0. The van der Waals surface area contributed by atoms with E-state index in [-0.39, 0.29) is 43.1 Å². The topological polar surface area (TPSA) is 108 Å². The van der Waals surface area contributed by atoms with E-state index in [1.807, 2.05) is 78.9 Å². The summed E-state index contributed by atoms with van der Waals surface area (Å²) in [5.74, 6) is 0.293. The number of rotatable bonds is 9. The highest BCUT2D eigenvalue weighted by atomic mass is 16.7. The smallest absolute Gasteiger partial charge is 0.261 e. The van der Waals surface area contributed by atoms with Crippen molar-refractivity contribution < 1.29 is 24.2 Å². The Morgan fingerprint density at radius 1 is 0.712 bits per heavy atom. The van der Waals surface area contributed by atoms with Crippen LogP contribution in [-0.4, -0.2) is 75.5 Å². The van der Waals surface area contributed by atoms with Crippen LogP contribution in [0, 0.1) is 5.92 Å². The maximum Gasteiger partial charge on any atom is 0.261 e. The van der Waals surface area contributed by atoms with Crippen LogP contribution in [0.15, 0.2) is 116 Å². The molecule has 0 unspecified atom stereocenters. The number of amides is 2. The highest BCUT2D eigenvalue weighted by molar-refractivity contribution is 6.21. The first kappa shape index (κ1) is 33.9. The molecule has 1 aromatic heterocycles. The number of hydrogen-bond donors (Lipinski definition) is 1. The summed E-state index contributed by atoms with van der Waals surface area (Å²) in [7, 11) is 0. The monoisotopic (exact) mass is 695 g/mol. The molecule has 10 nitrogen and oxygen atoms in total. The average molecular weight is 696 g/mol. The SMILES string of the molecule is C[C@H]1[C@@H](CN2CCN(c3ncccn3)CC2)O[C@@H](c2ccc(-c3ccccc3CN3C(=O)c4ccccc4C3=O)cc2)O[C@H]1c1ccc(CO)cc1. The highest BCUT2D eigenvalue weighted by Crippen LogP contribution is 2.42. The van der Waals surface area contributed by atoms with Crippen molar-refractivity contribution in [2.45, 2.75) is 38.6 Å². The van der Waals surface area contributed by atoms with Crippen LogP contribution in [-0.2, 0) is 22.6 Å². The first-order valence-corrected chi connectivity index (χ1v) is 17.8. The Hall–Kier alpha value is -5.26. The van der Waals surface area contributed by atoms with E-state index in [0.717, 1.165) is 72.1 Å². The van der Waals surface area contributed by atoms with Gasteiger partial charge in [0.15, 0.2) is 6.29 Å². The van der Waals surface area contributed by atoms with Crippen molar-refractivity contribution in [3.05, 3.63) is 149 Å². The Bertz CT molecular complexity index is 2000. The van der Waals surface area contributed by atoms with Crippen molar-refractivity contribution in [2.24, 2.45) is 5.92 Å². The summed E-state index contributed by atoms with van der Waals surface area (Å²) in [5.41, 5.74) is 6.50. The van der Waals surface area contributed by atoms with Crippen molar-refractivity contribution in [1.82, 2.24) is 19.8 Å². The fourth-order valence-corrected chi connectivity index (χ4v) is 7.48. The highest BCUT2D eigenvalue weighted by Gasteiger charge is 2.40. The van der Waals surface area contributed by atoms with Gasteiger partial charge in [0.1, 0.15) is 0 Å². The van der Waals surface area contributed by atoms with Crippen LogP contribution in [0.1, 0.15) is 62.3 Å². The van der Waals surface area contributed by atoms with E-state index >= 15 is 0 Å². The van der Waals surface area contributed by atoms with E-state index in [1.165, 1.54) is 4.90 Å². The molecule has 52 heavy (non-hydrogen) atoms. The fourth-order valence-electron chi connectivity index (χ4n) is 7.48. The molecule has 10 heteroatoms. The minimum absolute atomic E-state index is 0.0104. The number of ether oxygens (including phenoxy) is 2. The van der Waals surface area contributed by atoms with Gasteiger partial charge < -0.3 is 19.5 Å². The largest absolute Gasteiger partial charge is 0.392 e. The predicted octanol–water partition coefficient (Wildman–Crippen LogP) is 6.05. The third kappa shape index (κ3) is 6.73. The van der Waals surface area contributed by atoms with E-state index in [4.69, 9.17) is 9.47 Å². The number of hydrogen-bond acceptors (Lipinski definition) is 9. The van der Waals surface area contributed by atoms with Crippen molar-refractivity contribution >= 4 is 17.8 Å². The van der Waals surface area contributed by atoms with E-state index in [0.29, 0.717) is 11.1 Å². The third-order valence-electron chi connectivity index (χ3n) is 10.5. The summed E-state index contributed by atoms with van der Waals surface area (Å²) in [6.07, 6.45) is 2.66. The van der Waals surface area contributed by atoms with Crippen molar-refractivity contribution in [3.8, 4) is 11.1 Å². The van der Waals surface area contributed by atoms with Gasteiger partial charge in [-0.25, -0.2) is 9.97 Å². The number of benzene rings is 4. The standard InChI is InChI=1S/C42H41N5O5/c1-28-37(26-45-21-23-46(24-22-45)42-43-19-6-20-44-42)51-41(52-38(28)31-13-11-29(27-48)12-14-31)32-17-15-30(16-18-32)34-8-3-2-7-33(34)25-47-39(49)35-9-4-5-10-36(35)40(47)50/h2-20,28,37-38,41,48H,21-27H2,1H3/t28-,37+,38+,41+/m0/s1. The number of imide groups is 1. The normalized spacial score (nSPS) is 22.1. The van der Waals surface area contributed by atoms with Crippen molar-refractivity contribution in [2.75, 3.05) is 37.6 Å². The Kier molecular flexibility index (Phi) is 9.62. The molecular weight excluding hydrogens is 654 g/mol. The molecule has 1 N–H and O–H groups in total. The van der Waals surface area contributed by atoms with Gasteiger partial charge in [0.2, 0.25) is 5.95 Å². The number of aliphatic hydroxyl groups excluding tert-OH is 1. The maximum atomic E-state index is 13.1. The molecule has 5 aromatic rings. The number of carbonyl (C=O) groups is 2. The molecular formula is C42H41N5O5. The van der Waals surface area contributed by atoms with Crippen molar-refractivity contribution in [3.63, 3.8) is 0 Å². The van der Waals surface area contributed by atoms with Crippen LogP contribution in [0.4, 0.5) is 5.95 Å². The molecule has 4 atom stereocenters. The Balaban J connectivity index is 1.01. The third-order valence-corrected chi connectivity index (χ3v) is 10.5. The fraction of sp³-hybridized carbons (Fsp3) is 0.286. The molecule has 0 spiro atoms. The first-order chi connectivity index (χ1) is 25.5. The zero-order valence-electron chi connectivity index (χ0n) is 29.0. The van der Waals surface area contributed by atoms with Gasteiger partial charge in [0.25, 0.3) is 11.8 Å². The van der Waals surface area contributed by atoms with Gasteiger partial charge in [0.05, 0.1) is 36.5 Å². The number of anilines is 1. The minimum atomic E-state index is -0.592. The van der Waals surface area contributed by atoms with Gasteiger partial charge in [-0.3, -0.25) is 19.4 Å². The van der Waals surface area contributed by atoms with Crippen LogP contribution in [0.5, 0.6) is 0 Å². The van der Waals surface area contributed by atoms with E-state index in [2.05, 4.69) is 26.7 Å². The lowest BCUT2D eigenvalue weighted by Gasteiger charge is -2.44. The van der Waals surface area contributed by atoms with Crippen LogP contribution in [0.2, 0.25) is 0 Å². The lowest BCUT2D eigenvalue weighted by atomic mass is 9.89. The predicted molar refractivity (Wildman–Crippen MR) is 196 cm³/mol. The summed E-state index contributed by atoms with van der Waals surface area (Å²) in [5, 5.41) is 9.65. The molecule has 3 aliphatic rings. The Morgan fingerprint density at radius 3 is 1.98 bits per heavy atom. The molecule has 4 aromatic carbocycles. The van der Waals surface area contributed by atoms with E-state index < -0.39 is 6.29 Å². The summed E-state index contributed by atoms with van der Waals surface area (Å²) >= 11 is 0. The molecule has 3 aliphatic heterocycles. The Labute approximate surface area is 303 Å². The van der Waals surface area contributed by atoms with Crippen LogP contribution in [0.25, 0.3) is 11.1 Å². The minimum Gasteiger partial charge on any atom is -0.392 e. The molecule has 264 valence electrons. The van der Waals surface area contributed by atoms with Gasteiger partial charge in [-0.15, -0.1) is 0 Å². The van der Waals surface area contributed by atoms with Crippen LogP contribution < -0.4 is 4.90 Å². The second-order valence-electron chi connectivity index (χ2n) is 13.7. The zero-order chi connectivity index (χ0) is 35.6. The summed E-state index contributed by atoms with van der Waals surface area (Å²) in [6, 6.07) is 32.8. The number of aromatic nitrogens is 2.